The van der Waals surface area contributed by atoms with Crippen molar-refractivity contribution >= 4 is 39.1 Å². The number of sulfonamides is 1. The van der Waals surface area contributed by atoms with Crippen molar-refractivity contribution in [1.82, 2.24) is 9.80 Å². The van der Waals surface area contributed by atoms with Crippen molar-refractivity contribution in [3.63, 3.8) is 0 Å². The van der Waals surface area contributed by atoms with Gasteiger partial charge in [-0.25, -0.2) is 12.8 Å². The molecule has 3 rings (SSSR count). The van der Waals surface area contributed by atoms with Gasteiger partial charge in [-0.2, -0.15) is 0 Å². The number of carbonyl (C=O) groups is 2. The highest BCUT2D eigenvalue weighted by Gasteiger charge is 2.27. The van der Waals surface area contributed by atoms with Crippen molar-refractivity contribution in [1.29, 1.82) is 0 Å². The second-order valence-electron chi connectivity index (χ2n) is 7.21. The van der Waals surface area contributed by atoms with Gasteiger partial charge < -0.3 is 9.80 Å². The molecule has 1 saturated heterocycles. The average Bonchev–Trinajstić information content (AvgIpc) is 2.72. The Labute approximate surface area is 185 Å². The lowest BCUT2D eigenvalue weighted by Gasteiger charge is -2.35. The molecule has 0 aromatic heterocycles. The Bertz CT molecular complexity index is 1090. The third kappa shape index (κ3) is 5.74. The van der Waals surface area contributed by atoms with Crippen molar-refractivity contribution in [2.75, 3.05) is 36.7 Å². The number of rotatable bonds is 6. The predicted octanol–water partition coefficient (Wildman–Crippen LogP) is 3.23. The second kappa shape index (κ2) is 9.65. The van der Waals surface area contributed by atoms with Crippen LogP contribution in [0.3, 0.4) is 0 Å². The number of halogens is 2. The summed E-state index contributed by atoms with van der Waals surface area (Å²) >= 11 is 5.98. The standard InChI is InChI=1S/C21H23ClFN3O4S/c1-2-12-31(29,30)24-17-5-3-4-15(13-17)20(27)25-8-10-26(11-9-25)21(28)18-7-6-16(23)14-19(18)22/h3-7,13-14,24H,2,8-12H2,1H3. The third-order valence-electron chi connectivity index (χ3n) is 4.87. The first-order chi connectivity index (χ1) is 14.7. The molecule has 10 heteroatoms. The van der Waals surface area contributed by atoms with Crippen LogP contribution in [0.25, 0.3) is 0 Å². The largest absolute Gasteiger partial charge is 0.335 e. The van der Waals surface area contributed by atoms with Crippen molar-refractivity contribution in [3.8, 4) is 0 Å². The van der Waals surface area contributed by atoms with E-state index in [0.29, 0.717) is 43.9 Å². The highest BCUT2D eigenvalue weighted by Crippen LogP contribution is 2.21. The minimum Gasteiger partial charge on any atom is -0.335 e. The fourth-order valence-electron chi connectivity index (χ4n) is 3.34. The van der Waals surface area contributed by atoms with Gasteiger partial charge in [-0.3, -0.25) is 14.3 Å². The number of hydrogen-bond acceptors (Lipinski definition) is 4. The van der Waals surface area contributed by atoms with Crippen molar-refractivity contribution in [2.24, 2.45) is 0 Å². The van der Waals surface area contributed by atoms with E-state index in [-0.39, 0.29) is 28.2 Å². The maximum Gasteiger partial charge on any atom is 0.255 e. The maximum absolute atomic E-state index is 13.2. The Kier molecular flexibility index (Phi) is 7.17. The molecule has 1 N–H and O–H groups in total. The lowest BCUT2D eigenvalue weighted by atomic mass is 10.1. The first-order valence-corrected chi connectivity index (χ1v) is 11.9. The van der Waals surface area contributed by atoms with E-state index >= 15 is 0 Å². The summed E-state index contributed by atoms with van der Waals surface area (Å²) in [6, 6.07) is 9.96. The summed E-state index contributed by atoms with van der Waals surface area (Å²) in [6.45, 7) is 3.01. The fraction of sp³-hybridized carbons (Fsp3) is 0.333. The Morgan fingerprint density at radius 3 is 2.29 bits per heavy atom. The smallest absolute Gasteiger partial charge is 0.255 e. The van der Waals surface area contributed by atoms with Crippen LogP contribution in [0.15, 0.2) is 42.5 Å². The van der Waals surface area contributed by atoms with Crippen LogP contribution in [0.4, 0.5) is 10.1 Å². The molecule has 166 valence electrons. The van der Waals surface area contributed by atoms with Gasteiger partial charge in [-0.05, 0) is 42.8 Å². The van der Waals surface area contributed by atoms with E-state index in [2.05, 4.69) is 4.72 Å². The predicted molar refractivity (Wildman–Crippen MR) is 117 cm³/mol. The number of piperazine rings is 1. The van der Waals surface area contributed by atoms with Crippen LogP contribution in [-0.2, 0) is 10.0 Å². The molecule has 0 saturated carbocycles. The number of anilines is 1. The molecule has 1 aliphatic heterocycles. The number of hydrogen-bond donors (Lipinski definition) is 1. The van der Waals surface area contributed by atoms with Crippen LogP contribution >= 0.6 is 11.6 Å². The molecule has 1 fully saturated rings. The summed E-state index contributed by atoms with van der Waals surface area (Å²) < 4.78 is 39.6. The number of nitrogens with zero attached hydrogens (tertiary/aromatic N) is 2. The molecule has 2 amide bonds. The minimum atomic E-state index is -3.45. The highest BCUT2D eigenvalue weighted by atomic mass is 35.5. The zero-order valence-corrected chi connectivity index (χ0v) is 18.5. The van der Waals surface area contributed by atoms with Gasteiger partial charge in [-0.15, -0.1) is 0 Å². The van der Waals surface area contributed by atoms with Crippen molar-refractivity contribution in [3.05, 3.63) is 64.4 Å². The SMILES string of the molecule is CCCS(=O)(=O)Nc1cccc(C(=O)N2CCN(C(=O)c3ccc(F)cc3Cl)CC2)c1. The molecular weight excluding hydrogens is 445 g/mol. The Balaban J connectivity index is 1.64. The minimum absolute atomic E-state index is 0.000760. The average molecular weight is 468 g/mol. The van der Waals surface area contributed by atoms with Crippen LogP contribution < -0.4 is 4.72 Å². The molecule has 0 atom stereocenters. The van der Waals surface area contributed by atoms with Crippen LogP contribution in [0, 0.1) is 5.82 Å². The molecule has 31 heavy (non-hydrogen) atoms. The van der Waals surface area contributed by atoms with Gasteiger partial charge in [0.2, 0.25) is 10.0 Å². The zero-order valence-electron chi connectivity index (χ0n) is 17.0. The zero-order chi connectivity index (χ0) is 22.6. The van der Waals surface area contributed by atoms with Crippen LogP contribution in [0.1, 0.15) is 34.1 Å². The van der Waals surface area contributed by atoms with E-state index in [1.807, 2.05) is 0 Å². The molecular formula is C21H23ClFN3O4S. The highest BCUT2D eigenvalue weighted by molar-refractivity contribution is 7.92. The summed E-state index contributed by atoms with van der Waals surface area (Å²) in [5.74, 6) is -1.08. The normalized spacial score (nSPS) is 14.4. The van der Waals surface area contributed by atoms with Crippen LogP contribution in [0.2, 0.25) is 5.02 Å². The Hall–Kier alpha value is -2.65. The lowest BCUT2D eigenvalue weighted by Crippen LogP contribution is -2.50. The van der Waals surface area contributed by atoms with Crippen LogP contribution in [-0.4, -0.2) is 62.0 Å². The molecule has 2 aromatic rings. The summed E-state index contributed by atoms with van der Waals surface area (Å²) in [5.41, 5.74) is 0.909. The molecule has 1 aliphatic rings. The molecule has 7 nitrogen and oxygen atoms in total. The molecule has 0 spiro atoms. The van der Waals surface area contributed by atoms with Gasteiger partial charge in [-0.1, -0.05) is 24.6 Å². The van der Waals surface area contributed by atoms with Crippen molar-refractivity contribution in [2.45, 2.75) is 13.3 Å². The maximum atomic E-state index is 13.2. The van der Waals surface area contributed by atoms with Gasteiger partial charge in [0.05, 0.1) is 16.3 Å². The number of carbonyl (C=O) groups excluding carboxylic acids is 2. The number of nitrogens with one attached hydrogen (secondary N) is 1. The summed E-state index contributed by atoms with van der Waals surface area (Å²) in [7, 11) is -3.45. The van der Waals surface area contributed by atoms with Gasteiger partial charge in [0.25, 0.3) is 11.8 Å². The van der Waals surface area contributed by atoms with Crippen molar-refractivity contribution < 1.29 is 22.4 Å². The van der Waals surface area contributed by atoms with Crippen LogP contribution in [0.5, 0.6) is 0 Å². The van der Waals surface area contributed by atoms with E-state index < -0.39 is 15.8 Å². The van der Waals surface area contributed by atoms with E-state index in [1.165, 1.54) is 18.2 Å². The summed E-state index contributed by atoms with van der Waals surface area (Å²) in [4.78, 5) is 28.7. The van der Waals surface area contributed by atoms with E-state index in [0.717, 1.165) is 6.07 Å². The lowest BCUT2D eigenvalue weighted by molar-refractivity contribution is 0.0535. The fourth-order valence-corrected chi connectivity index (χ4v) is 4.72. The molecule has 0 bridgehead atoms. The molecule has 1 heterocycles. The first-order valence-electron chi connectivity index (χ1n) is 9.84. The van der Waals surface area contributed by atoms with E-state index in [4.69, 9.17) is 11.6 Å². The van der Waals surface area contributed by atoms with Gasteiger partial charge >= 0.3 is 0 Å². The third-order valence-corrected chi connectivity index (χ3v) is 6.68. The van der Waals surface area contributed by atoms with E-state index in [1.54, 1.807) is 34.9 Å². The van der Waals surface area contributed by atoms with Gasteiger partial charge in [0, 0.05) is 37.4 Å². The molecule has 0 aliphatic carbocycles. The number of amides is 2. The quantitative estimate of drug-likeness (QED) is 0.706. The Morgan fingerprint density at radius 1 is 1.03 bits per heavy atom. The molecule has 2 aromatic carbocycles. The molecule has 0 radical (unpaired) electrons. The topological polar surface area (TPSA) is 86.8 Å². The molecule has 0 unspecified atom stereocenters. The Morgan fingerprint density at radius 2 is 1.68 bits per heavy atom. The first kappa shape index (κ1) is 23.0. The van der Waals surface area contributed by atoms with Gasteiger partial charge in [0.15, 0.2) is 0 Å². The number of benzene rings is 2. The summed E-state index contributed by atoms with van der Waals surface area (Å²) in [6.07, 6.45) is 0.486. The van der Waals surface area contributed by atoms with E-state index in [9.17, 15) is 22.4 Å². The summed E-state index contributed by atoms with van der Waals surface area (Å²) in [5, 5.41) is 0.0471. The second-order valence-corrected chi connectivity index (χ2v) is 9.46. The monoisotopic (exact) mass is 467 g/mol. The van der Waals surface area contributed by atoms with Gasteiger partial charge in [0.1, 0.15) is 5.82 Å².